The Morgan fingerprint density at radius 1 is 1.11 bits per heavy atom. The molecule has 0 aliphatic carbocycles. The minimum absolute atomic E-state index is 0.234. The lowest BCUT2D eigenvalue weighted by atomic mass is 9.89. The fourth-order valence-corrected chi connectivity index (χ4v) is 2.32. The van der Waals surface area contributed by atoms with Gasteiger partial charge < -0.3 is 10.8 Å². The predicted octanol–water partition coefficient (Wildman–Crippen LogP) is 2.91. The number of halogens is 1. The number of aliphatic hydroxyl groups is 1. The highest BCUT2D eigenvalue weighted by Gasteiger charge is 2.21. The van der Waals surface area contributed by atoms with Crippen molar-refractivity contribution in [3.8, 4) is 0 Å². The Kier molecular flexibility index (Phi) is 4.30. The molecule has 0 fully saturated rings. The number of aliphatic hydroxyl groups excluding tert-OH is 1. The summed E-state index contributed by atoms with van der Waals surface area (Å²) in [5, 5.41) is 10.4. The summed E-state index contributed by atoms with van der Waals surface area (Å²) < 4.78 is 13.4. The molecule has 0 spiro atoms. The van der Waals surface area contributed by atoms with Crippen molar-refractivity contribution in [1.29, 1.82) is 0 Å². The zero-order valence-corrected chi connectivity index (χ0v) is 10.9. The van der Waals surface area contributed by atoms with Gasteiger partial charge in [-0.25, -0.2) is 4.39 Å². The van der Waals surface area contributed by atoms with Gasteiger partial charge in [0.1, 0.15) is 5.82 Å². The summed E-state index contributed by atoms with van der Waals surface area (Å²) in [4.78, 5) is 0. The van der Waals surface area contributed by atoms with E-state index in [9.17, 15) is 9.50 Å². The molecule has 2 aromatic carbocycles. The molecular formula is C16H18FNO. The molecule has 2 rings (SSSR count). The quantitative estimate of drug-likeness (QED) is 0.886. The summed E-state index contributed by atoms with van der Waals surface area (Å²) >= 11 is 0. The summed E-state index contributed by atoms with van der Waals surface area (Å²) in [6, 6.07) is 14.2. The highest BCUT2D eigenvalue weighted by atomic mass is 19.1. The molecule has 0 amide bonds. The first kappa shape index (κ1) is 13.7. The number of hydrogen-bond acceptors (Lipinski definition) is 2. The third-order valence-corrected chi connectivity index (χ3v) is 3.27. The van der Waals surface area contributed by atoms with Gasteiger partial charge in [0.05, 0.1) is 6.10 Å². The first-order valence-corrected chi connectivity index (χ1v) is 6.32. The van der Waals surface area contributed by atoms with Crippen molar-refractivity contribution in [2.45, 2.75) is 18.9 Å². The van der Waals surface area contributed by atoms with Crippen molar-refractivity contribution < 1.29 is 9.50 Å². The first-order chi connectivity index (χ1) is 9.11. The van der Waals surface area contributed by atoms with Crippen LogP contribution < -0.4 is 5.73 Å². The topological polar surface area (TPSA) is 46.2 Å². The molecule has 3 N–H and O–H groups in total. The zero-order valence-electron chi connectivity index (χ0n) is 10.9. The van der Waals surface area contributed by atoms with E-state index in [0.717, 1.165) is 11.1 Å². The van der Waals surface area contributed by atoms with E-state index in [1.54, 1.807) is 13.0 Å². The van der Waals surface area contributed by atoms with E-state index in [2.05, 4.69) is 0 Å². The summed E-state index contributed by atoms with van der Waals surface area (Å²) in [6.45, 7) is 2.11. The molecule has 2 unspecified atom stereocenters. The van der Waals surface area contributed by atoms with Gasteiger partial charge in [-0.2, -0.15) is 0 Å². The smallest absolute Gasteiger partial charge is 0.123 e. The van der Waals surface area contributed by atoms with E-state index in [4.69, 9.17) is 5.73 Å². The zero-order chi connectivity index (χ0) is 13.8. The van der Waals surface area contributed by atoms with Crippen LogP contribution in [0.1, 0.15) is 28.7 Å². The van der Waals surface area contributed by atoms with Crippen LogP contribution in [0.5, 0.6) is 0 Å². The monoisotopic (exact) mass is 259 g/mol. The Labute approximate surface area is 112 Å². The molecule has 0 aliphatic heterocycles. The molecule has 2 aromatic rings. The molecule has 0 saturated heterocycles. The number of benzene rings is 2. The van der Waals surface area contributed by atoms with E-state index >= 15 is 0 Å². The Balaban J connectivity index is 2.33. The van der Waals surface area contributed by atoms with Gasteiger partial charge in [-0.1, -0.05) is 36.4 Å². The molecule has 3 heteroatoms. The van der Waals surface area contributed by atoms with E-state index in [1.807, 2.05) is 30.3 Å². The molecule has 100 valence electrons. The second kappa shape index (κ2) is 5.95. The SMILES string of the molecule is Cc1cc(F)cc(C(O)C(CN)c2ccccc2)c1. The van der Waals surface area contributed by atoms with Crippen molar-refractivity contribution >= 4 is 0 Å². The Morgan fingerprint density at radius 2 is 1.79 bits per heavy atom. The maximum Gasteiger partial charge on any atom is 0.123 e. The van der Waals surface area contributed by atoms with Crippen molar-refractivity contribution in [3.63, 3.8) is 0 Å². The average Bonchev–Trinajstić information content (AvgIpc) is 2.39. The summed E-state index contributed by atoms with van der Waals surface area (Å²) in [6.07, 6.45) is -0.804. The number of nitrogens with two attached hydrogens (primary N) is 1. The van der Waals surface area contributed by atoms with Crippen LogP contribution in [-0.2, 0) is 0 Å². The summed E-state index contributed by atoms with van der Waals surface area (Å²) in [5.41, 5.74) is 8.08. The van der Waals surface area contributed by atoms with Gasteiger partial charge in [-0.3, -0.25) is 0 Å². The van der Waals surface area contributed by atoms with Crippen LogP contribution in [-0.4, -0.2) is 11.7 Å². The Morgan fingerprint density at radius 3 is 2.37 bits per heavy atom. The van der Waals surface area contributed by atoms with Gasteiger partial charge in [0.2, 0.25) is 0 Å². The largest absolute Gasteiger partial charge is 0.388 e. The van der Waals surface area contributed by atoms with E-state index in [0.29, 0.717) is 12.1 Å². The van der Waals surface area contributed by atoms with Crippen molar-refractivity contribution in [1.82, 2.24) is 0 Å². The Bertz CT molecular complexity index is 521. The fourth-order valence-electron chi connectivity index (χ4n) is 2.32. The van der Waals surface area contributed by atoms with Crippen LogP contribution in [0.3, 0.4) is 0 Å². The molecule has 0 aliphatic rings. The maximum absolute atomic E-state index is 13.4. The Hall–Kier alpha value is -1.71. The van der Waals surface area contributed by atoms with Gasteiger partial charge in [0.25, 0.3) is 0 Å². The average molecular weight is 259 g/mol. The van der Waals surface area contributed by atoms with E-state index < -0.39 is 6.10 Å². The van der Waals surface area contributed by atoms with Gasteiger partial charge in [0, 0.05) is 12.5 Å². The number of hydrogen-bond donors (Lipinski definition) is 2. The molecule has 0 heterocycles. The van der Waals surface area contributed by atoms with Crippen molar-refractivity contribution in [2.75, 3.05) is 6.54 Å². The van der Waals surface area contributed by atoms with E-state index in [-0.39, 0.29) is 11.7 Å². The van der Waals surface area contributed by atoms with Crippen LogP contribution in [0.2, 0.25) is 0 Å². The molecule has 0 aromatic heterocycles. The molecule has 19 heavy (non-hydrogen) atoms. The molecule has 0 saturated carbocycles. The third-order valence-electron chi connectivity index (χ3n) is 3.27. The van der Waals surface area contributed by atoms with Crippen molar-refractivity contribution in [2.24, 2.45) is 5.73 Å². The lowest BCUT2D eigenvalue weighted by Gasteiger charge is -2.22. The van der Waals surface area contributed by atoms with Gasteiger partial charge in [-0.15, -0.1) is 0 Å². The molecular weight excluding hydrogens is 241 g/mol. The van der Waals surface area contributed by atoms with Crippen molar-refractivity contribution in [3.05, 3.63) is 71.0 Å². The van der Waals surface area contributed by atoms with Gasteiger partial charge in [0.15, 0.2) is 0 Å². The normalized spacial score (nSPS) is 14.1. The molecule has 0 bridgehead atoms. The molecule has 2 nitrogen and oxygen atoms in total. The summed E-state index contributed by atoms with van der Waals surface area (Å²) in [5.74, 6) is -0.569. The van der Waals surface area contributed by atoms with E-state index in [1.165, 1.54) is 12.1 Å². The number of rotatable bonds is 4. The second-order valence-electron chi connectivity index (χ2n) is 4.76. The minimum Gasteiger partial charge on any atom is -0.388 e. The van der Waals surface area contributed by atoms with Crippen LogP contribution in [0.4, 0.5) is 4.39 Å². The van der Waals surface area contributed by atoms with Gasteiger partial charge >= 0.3 is 0 Å². The third kappa shape index (κ3) is 3.19. The lowest BCUT2D eigenvalue weighted by Crippen LogP contribution is -2.20. The number of aryl methyl sites for hydroxylation is 1. The molecule has 0 radical (unpaired) electrons. The highest BCUT2D eigenvalue weighted by molar-refractivity contribution is 5.30. The fraction of sp³-hybridized carbons (Fsp3) is 0.250. The molecule has 2 atom stereocenters. The maximum atomic E-state index is 13.4. The first-order valence-electron chi connectivity index (χ1n) is 6.32. The van der Waals surface area contributed by atoms with Crippen LogP contribution in [0.15, 0.2) is 48.5 Å². The van der Waals surface area contributed by atoms with Crippen LogP contribution >= 0.6 is 0 Å². The van der Waals surface area contributed by atoms with Gasteiger partial charge in [-0.05, 0) is 35.7 Å². The lowest BCUT2D eigenvalue weighted by molar-refractivity contribution is 0.147. The highest BCUT2D eigenvalue weighted by Crippen LogP contribution is 2.30. The summed E-state index contributed by atoms with van der Waals surface area (Å²) in [7, 11) is 0. The minimum atomic E-state index is -0.804. The second-order valence-corrected chi connectivity index (χ2v) is 4.76. The van der Waals surface area contributed by atoms with Crippen LogP contribution in [0, 0.1) is 12.7 Å². The standard InChI is InChI=1S/C16H18FNO/c1-11-7-13(9-14(17)8-11)16(19)15(10-18)12-5-3-2-4-6-12/h2-9,15-16,19H,10,18H2,1H3. The predicted molar refractivity (Wildman–Crippen MR) is 74.3 cm³/mol. The van der Waals surface area contributed by atoms with Crippen LogP contribution in [0.25, 0.3) is 0 Å².